The van der Waals surface area contributed by atoms with Gasteiger partial charge in [-0.3, -0.25) is 0 Å². The number of nitriles is 4. The lowest BCUT2D eigenvalue weighted by molar-refractivity contribution is 1.04. The molecule has 0 radical (unpaired) electrons. The first-order valence-electron chi connectivity index (χ1n) is 28.1. The second kappa shape index (κ2) is 18.1. The minimum absolute atomic E-state index is 0.231. The van der Waals surface area contributed by atoms with E-state index in [-0.39, 0.29) is 22.3 Å². The average Bonchev–Trinajstić information content (AvgIpc) is 3.87. The smallest absolute Gasteiger partial charge is 0.103 e. The Bertz CT molecular complexity index is 5770. The fourth-order valence-corrected chi connectivity index (χ4v) is 14.1. The predicted octanol–water partition coefficient (Wildman–Crippen LogP) is 18.3. The van der Waals surface area contributed by atoms with E-state index in [9.17, 15) is 21.0 Å². The number of hydrogen-bond donors (Lipinski definition) is 0. The van der Waals surface area contributed by atoms with Crippen LogP contribution in [-0.4, -0.2) is 22.8 Å². The summed E-state index contributed by atoms with van der Waals surface area (Å²) in [6.07, 6.45) is 0. The van der Waals surface area contributed by atoms with Gasteiger partial charge < -0.3 is 22.8 Å². The Labute approximate surface area is 485 Å². The van der Waals surface area contributed by atoms with Crippen molar-refractivity contribution in [2.45, 2.75) is 0 Å². The molecule has 5 aromatic heterocycles. The molecule has 9 nitrogen and oxygen atoms in total. The monoisotopic (exact) mass is 1080 g/mol. The first kappa shape index (κ1) is 47.4. The Morgan fingerprint density at radius 2 is 0.494 bits per heavy atom. The van der Waals surface area contributed by atoms with Gasteiger partial charge in [0.1, 0.15) is 24.3 Å². The number of rotatable bonds is 6. The highest BCUT2D eigenvalue weighted by molar-refractivity contribution is 6.17. The fraction of sp³-hybridized carbons (Fsp3) is 0. The fourth-order valence-electron chi connectivity index (χ4n) is 14.1. The molecule has 390 valence electrons. The van der Waals surface area contributed by atoms with Crippen molar-refractivity contribution in [2.75, 3.05) is 0 Å². The molecule has 12 aromatic carbocycles. The zero-order valence-corrected chi connectivity index (χ0v) is 45.2. The number of aromatic nitrogens is 5. The van der Waals surface area contributed by atoms with E-state index in [2.05, 4.69) is 217 Å². The van der Waals surface area contributed by atoms with Gasteiger partial charge in [-0.25, -0.2) is 0 Å². The summed E-state index contributed by atoms with van der Waals surface area (Å²) in [6.45, 7) is 0. The van der Waals surface area contributed by atoms with E-state index >= 15 is 0 Å². The Hall–Kier alpha value is -12.4. The summed E-state index contributed by atoms with van der Waals surface area (Å²) in [6, 6.07) is 95.4. The maximum Gasteiger partial charge on any atom is 0.103 e. The van der Waals surface area contributed by atoms with Crippen LogP contribution in [0.1, 0.15) is 22.3 Å². The summed E-state index contributed by atoms with van der Waals surface area (Å²) in [5.41, 5.74) is 15.0. The van der Waals surface area contributed by atoms with E-state index in [1.165, 1.54) is 0 Å². The molecule has 0 amide bonds. The van der Waals surface area contributed by atoms with E-state index in [4.69, 9.17) is 0 Å². The lowest BCUT2D eigenvalue weighted by Gasteiger charge is -2.24. The first-order valence-corrected chi connectivity index (χ1v) is 28.1. The highest BCUT2D eigenvalue weighted by atomic mass is 15.1. The number of benzene rings is 12. The van der Waals surface area contributed by atoms with Gasteiger partial charge in [0.05, 0.1) is 106 Å². The number of nitrogens with zero attached hydrogens (tertiary/aromatic N) is 9. The van der Waals surface area contributed by atoms with Gasteiger partial charge in [-0.15, -0.1) is 0 Å². The lowest BCUT2D eigenvalue weighted by atomic mass is 9.93. The predicted molar refractivity (Wildman–Crippen MR) is 342 cm³/mol. The van der Waals surface area contributed by atoms with Gasteiger partial charge in [0, 0.05) is 59.4 Å². The maximum absolute atomic E-state index is 11.6. The summed E-state index contributed by atoms with van der Waals surface area (Å²) in [5, 5.41) is 56.1. The summed E-state index contributed by atoms with van der Waals surface area (Å²) in [7, 11) is 0. The van der Waals surface area contributed by atoms with Crippen molar-refractivity contribution in [3.63, 3.8) is 0 Å². The average molecular weight is 1080 g/mol. The van der Waals surface area contributed by atoms with Crippen LogP contribution in [0.3, 0.4) is 0 Å². The van der Waals surface area contributed by atoms with Crippen LogP contribution < -0.4 is 0 Å². The van der Waals surface area contributed by atoms with Crippen LogP contribution in [0.2, 0.25) is 0 Å². The van der Waals surface area contributed by atoms with Crippen LogP contribution in [-0.2, 0) is 0 Å². The molecule has 0 saturated heterocycles. The molecule has 0 N–H and O–H groups in total. The van der Waals surface area contributed by atoms with E-state index in [0.717, 1.165) is 132 Å². The minimum atomic E-state index is 0.231. The largest absolute Gasteiger partial charge is 0.308 e. The summed E-state index contributed by atoms with van der Waals surface area (Å²) in [5.74, 6) is 0. The third-order valence-corrected chi connectivity index (χ3v) is 17.4. The Balaban J connectivity index is 1.05. The van der Waals surface area contributed by atoms with Crippen LogP contribution in [0.15, 0.2) is 249 Å². The molecule has 5 heterocycles. The Morgan fingerprint density at radius 3 is 0.847 bits per heavy atom. The molecule has 0 spiro atoms. The van der Waals surface area contributed by atoms with Crippen molar-refractivity contribution in [2.24, 2.45) is 0 Å². The van der Waals surface area contributed by atoms with Crippen molar-refractivity contribution in [3.05, 3.63) is 271 Å². The second-order valence-corrected chi connectivity index (χ2v) is 21.6. The molecule has 0 bridgehead atoms. The highest BCUT2D eigenvalue weighted by Gasteiger charge is 2.31. The molecule has 0 fully saturated rings. The third kappa shape index (κ3) is 6.47. The minimum Gasteiger partial charge on any atom is -0.308 e. The Morgan fingerprint density at radius 1 is 0.224 bits per heavy atom. The molecule has 17 rings (SSSR count). The zero-order chi connectivity index (χ0) is 56.6. The van der Waals surface area contributed by atoms with Crippen LogP contribution in [0.4, 0.5) is 0 Å². The number of fused-ring (bicyclic) bond motifs is 15. The summed E-state index contributed by atoms with van der Waals surface area (Å²) >= 11 is 0. The van der Waals surface area contributed by atoms with Gasteiger partial charge in [-0.05, 0) is 84.4 Å². The van der Waals surface area contributed by atoms with Gasteiger partial charge in [0.25, 0.3) is 0 Å². The van der Waals surface area contributed by atoms with Crippen molar-refractivity contribution >= 4 is 109 Å². The quantitative estimate of drug-likeness (QED) is 0.165. The van der Waals surface area contributed by atoms with Crippen molar-refractivity contribution < 1.29 is 0 Å². The lowest BCUT2D eigenvalue weighted by Crippen LogP contribution is -2.12. The second-order valence-electron chi connectivity index (χ2n) is 21.6. The normalized spacial score (nSPS) is 11.7. The topological polar surface area (TPSA) is 120 Å². The third-order valence-electron chi connectivity index (χ3n) is 17.4. The van der Waals surface area contributed by atoms with Crippen LogP contribution in [0.25, 0.3) is 149 Å². The highest BCUT2D eigenvalue weighted by Crippen LogP contribution is 2.49. The van der Waals surface area contributed by atoms with E-state index in [1.54, 1.807) is 0 Å². The molecule has 0 saturated carbocycles. The Kier molecular flexibility index (Phi) is 10.1. The standard InChI is InChI=1S/C76H41N9/c77-42-47-40-71(81-61-28-10-1-19-49(61)50-20-2-11-29-62(50)81)73(74(59(47)44-79)83-64-31-13-3-21-51(64)52-22-4-14-32-65(52)83)46-37-38-70-58(39-46)57-27-9-12-30-63(57)82(70)72-41-48(43-78)60(45-80)75(84-66-33-15-5-23-53(66)54-24-6-16-34-67(54)84)76(72)85-68-35-17-7-25-55(68)56-26-8-18-36-69(56)85/h1-41H. The van der Waals surface area contributed by atoms with Gasteiger partial charge in [0.2, 0.25) is 0 Å². The summed E-state index contributed by atoms with van der Waals surface area (Å²) < 4.78 is 11.2. The van der Waals surface area contributed by atoms with Crippen LogP contribution in [0, 0.1) is 45.3 Å². The zero-order valence-electron chi connectivity index (χ0n) is 45.2. The molecule has 17 aromatic rings. The van der Waals surface area contributed by atoms with Crippen molar-refractivity contribution in [1.82, 2.24) is 22.8 Å². The number of hydrogen-bond acceptors (Lipinski definition) is 4. The van der Waals surface area contributed by atoms with E-state index in [1.807, 2.05) is 78.9 Å². The molecule has 85 heavy (non-hydrogen) atoms. The first-order chi connectivity index (χ1) is 42.1. The molecule has 0 aliphatic heterocycles. The maximum atomic E-state index is 11.6. The molecular formula is C76H41N9. The van der Waals surface area contributed by atoms with Gasteiger partial charge in [-0.2, -0.15) is 21.0 Å². The number of para-hydroxylation sites is 9. The van der Waals surface area contributed by atoms with Gasteiger partial charge in [0.15, 0.2) is 0 Å². The molecule has 9 heteroatoms. The molecule has 0 unspecified atom stereocenters. The molecule has 0 aliphatic carbocycles. The van der Waals surface area contributed by atoms with Crippen molar-refractivity contribution in [1.29, 1.82) is 21.0 Å². The van der Waals surface area contributed by atoms with Gasteiger partial charge in [-0.1, -0.05) is 170 Å². The SMILES string of the molecule is N#Cc1cc(-n2c3ccccc3c3ccccc32)c(-c2ccc3c(c2)c2ccccc2n3-c2cc(C#N)c(C#N)c(-n3c4ccccc4c4ccccc43)c2-n2c3ccccc3c3ccccc32)c(-n2c3ccccc3c3ccccc32)c1C#N. The van der Waals surface area contributed by atoms with Gasteiger partial charge >= 0.3 is 0 Å². The molecule has 0 aliphatic rings. The molecular weight excluding hydrogens is 1040 g/mol. The molecule has 0 atom stereocenters. The van der Waals surface area contributed by atoms with E-state index < -0.39 is 0 Å². The summed E-state index contributed by atoms with van der Waals surface area (Å²) in [4.78, 5) is 0. The van der Waals surface area contributed by atoms with E-state index in [0.29, 0.717) is 17.1 Å². The van der Waals surface area contributed by atoms with Crippen molar-refractivity contribution in [3.8, 4) is 63.8 Å². The van der Waals surface area contributed by atoms with Crippen LogP contribution >= 0.6 is 0 Å². The van der Waals surface area contributed by atoms with Crippen LogP contribution in [0.5, 0.6) is 0 Å².